The van der Waals surface area contributed by atoms with E-state index in [2.05, 4.69) is 39.5 Å². The molecule has 0 saturated carbocycles. The molecule has 1 aromatic heterocycles. The van der Waals surface area contributed by atoms with Crippen molar-refractivity contribution in [1.29, 1.82) is 0 Å². The number of rotatable bonds is 6. The Bertz CT molecular complexity index is 1260. The predicted octanol–water partition coefficient (Wildman–Crippen LogP) is 5.76. The van der Waals surface area contributed by atoms with E-state index in [4.69, 9.17) is 4.74 Å². The van der Waals surface area contributed by atoms with Crippen LogP contribution in [-0.4, -0.2) is 36.0 Å². The first-order valence-electron chi connectivity index (χ1n) is 11.3. The molecular formula is C28H27N3O2. The number of carbonyl (C=O) groups excluding carboxylic acids is 1. The Balaban J connectivity index is 1.26. The number of likely N-dealkylation sites (tertiary alicyclic amines) is 1. The third-order valence-electron chi connectivity index (χ3n) is 6.18. The van der Waals surface area contributed by atoms with Crippen molar-refractivity contribution < 1.29 is 9.53 Å². The molecular weight excluding hydrogens is 410 g/mol. The second kappa shape index (κ2) is 9.43. The van der Waals surface area contributed by atoms with Gasteiger partial charge in [0, 0.05) is 24.0 Å². The molecule has 0 aliphatic carbocycles. The summed E-state index contributed by atoms with van der Waals surface area (Å²) < 4.78 is 5.20. The molecule has 1 N–H and O–H groups in total. The van der Waals surface area contributed by atoms with Crippen molar-refractivity contribution in [2.75, 3.05) is 25.5 Å². The van der Waals surface area contributed by atoms with Gasteiger partial charge in [-0.25, -0.2) is 0 Å². The van der Waals surface area contributed by atoms with Crippen molar-refractivity contribution in [3.8, 4) is 17.0 Å². The third-order valence-corrected chi connectivity index (χ3v) is 6.18. The van der Waals surface area contributed by atoms with Crippen LogP contribution in [0.25, 0.3) is 22.0 Å². The van der Waals surface area contributed by atoms with Crippen molar-refractivity contribution in [3.05, 3.63) is 90.1 Å². The molecule has 1 aliphatic rings. The SMILES string of the molecule is COc1ccc(-c2ccc(C(=O)Nc3ccc4cc(CN5CCCC5)ccc4c3)cn2)cc1. The first-order valence-corrected chi connectivity index (χ1v) is 11.3. The van der Waals surface area contributed by atoms with Gasteiger partial charge in [0.15, 0.2) is 0 Å². The van der Waals surface area contributed by atoms with E-state index in [0.717, 1.165) is 34.6 Å². The van der Waals surface area contributed by atoms with Gasteiger partial charge in [0.05, 0.1) is 18.4 Å². The summed E-state index contributed by atoms with van der Waals surface area (Å²) in [5.74, 6) is 0.627. The van der Waals surface area contributed by atoms with Gasteiger partial charge in [-0.1, -0.05) is 18.2 Å². The highest BCUT2D eigenvalue weighted by Crippen LogP contribution is 2.24. The lowest BCUT2D eigenvalue weighted by molar-refractivity contribution is 0.102. The zero-order valence-corrected chi connectivity index (χ0v) is 18.8. The average Bonchev–Trinajstić information content (AvgIpc) is 3.37. The molecule has 1 amide bonds. The van der Waals surface area contributed by atoms with E-state index in [1.807, 2.05) is 42.5 Å². The van der Waals surface area contributed by atoms with Gasteiger partial charge in [0.2, 0.25) is 0 Å². The summed E-state index contributed by atoms with van der Waals surface area (Å²) >= 11 is 0. The molecule has 1 fully saturated rings. The highest BCUT2D eigenvalue weighted by atomic mass is 16.5. The molecule has 2 heterocycles. The van der Waals surface area contributed by atoms with Crippen molar-refractivity contribution in [3.63, 3.8) is 0 Å². The van der Waals surface area contributed by atoms with Gasteiger partial charge in [-0.15, -0.1) is 0 Å². The number of fused-ring (bicyclic) bond motifs is 1. The van der Waals surface area contributed by atoms with Crippen LogP contribution >= 0.6 is 0 Å². The minimum Gasteiger partial charge on any atom is -0.497 e. The van der Waals surface area contributed by atoms with E-state index >= 15 is 0 Å². The lowest BCUT2D eigenvalue weighted by atomic mass is 10.1. The molecule has 5 nitrogen and oxygen atoms in total. The highest BCUT2D eigenvalue weighted by Gasteiger charge is 2.12. The molecule has 3 aromatic carbocycles. The summed E-state index contributed by atoms with van der Waals surface area (Å²) in [7, 11) is 1.64. The van der Waals surface area contributed by atoms with E-state index in [1.165, 1.54) is 36.9 Å². The Kier molecular flexibility index (Phi) is 6.05. The second-order valence-corrected chi connectivity index (χ2v) is 8.49. The summed E-state index contributed by atoms with van der Waals surface area (Å²) in [5, 5.41) is 5.30. The standard InChI is InChI=1S/C28H27N3O2/c1-33-26-11-7-21(8-12-26)27-13-9-24(18-29-27)28(32)30-25-10-6-22-16-20(4-5-23(22)17-25)19-31-14-2-3-15-31/h4-13,16-18H,2-3,14-15,19H2,1H3,(H,30,32). The topological polar surface area (TPSA) is 54.5 Å². The molecule has 0 bridgehead atoms. The molecule has 0 atom stereocenters. The fourth-order valence-electron chi connectivity index (χ4n) is 4.33. The number of hydrogen-bond donors (Lipinski definition) is 1. The van der Waals surface area contributed by atoms with Crippen LogP contribution in [-0.2, 0) is 6.54 Å². The quantitative estimate of drug-likeness (QED) is 0.417. The molecule has 1 aliphatic heterocycles. The molecule has 1 saturated heterocycles. The molecule has 0 unspecified atom stereocenters. The van der Waals surface area contributed by atoms with Crippen molar-refractivity contribution in [2.24, 2.45) is 0 Å². The lowest BCUT2D eigenvalue weighted by Crippen LogP contribution is -2.18. The zero-order valence-electron chi connectivity index (χ0n) is 18.8. The van der Waals surface area contributed by atoms with Crippen LogP contribution in [0.3, 0.4) is 0 Å². The first-order chi connectivity index (χ1) is 16.2. The fourth-order valence-corrected chi connectivity index (χ4v) is 4.33. The van der Waals surface area contributed by atoms with Crippen LogP contribution in [0.1, 0.15) is 28.8 Å². The maximum atomic E-state index is 12.8. The molecule has 5 rings (SSSR count). The monoisotopic (exact) mass is 437 g/mol. The van der Waals surface area contributed by atoms with Crippen molar-refractivity contribution in [2.45, 2.75) is 19.4 Å². The molecule has 0 spiro atoms. The number of methoxy groups -OCH3 is 1. The van der Waals surface area contributed by atoms with Crippen LogP contribution in [0.15, 0.2) is 79.0 Å². The van der Waals surface area contributed by atoms with Crippen LogP contribution in [0.4, 0.5) is 5.69 Å². The lowest BCUT2D eigenvalue weighted by Gasteiger charge is -2.15. The van der Waals surface area contributed by atoms with E-state index in [1.54, 1.807) is 19.4 Å². The summed E-state index contributed by atoms with van der Waals surface area (Å²) in [6, 6.07) is 24.0. The van der Waals surface area contributed by atoms with Gasteiger partial charge in [0.1, 0.15) is 5.75 Å². The van der Waals surface area contributed by atoms with Gasteiger partial charge in [0.25, 0.3) is 5.91 Å². The number of benzene rings is 3. The Labute approximate surface area is 194 Å². The number of nitrogens with one attached hydrogen (secondary N) is 1. The number of hydrogen-bond acceptors (Lipinski definition) is 4. The van der Waals surface area contributed by atoms with E-state index in [9.17, 15) is 4.79 Å². The maximum Gasteiger partial charge on any atom is 0.257 e. The maximum absolute atomic E-state index is 12.8. The molecule has 4 aromatic rings. The Morgan fingerprint density at radius 2 is 1.70 bits per heavy atom. The molecule has 166 valence electrons. The number of carbonyl (C=O) groups is 1. The van der Waals surface area contributed by atoms with Gasteiger partial charge >= 0.3 is 0 Å². The number of anilines is 1. The largest absolute Gasteiger partial charge is 0.497 e. The number of nitrogens with zero attached hydrogens (tertiary/aromatic N) is 2. The summed E-state index contributed by atoms with van der Waals surface area (Å²) in [6.07, 6.45) is 4.22. The molecule has 5 heteroatoms. The van der Waals surface area contributed by atoms with Crippen LogP contribution in [0.5, 0.6) is 5.75 Å². The first kappa shape index (κ1) is 21.2. The van der Waals surface area contributed by atoms with Crippen LogP contribution in [0.2, 0.25) is 0 Å². The Morgan fingerprint density at radius 3 is 2.42 bits per heavy atom. The van der Waals surface area contributed by atoms with Gasteiger partial charge in [-0.3, -0.25) is 14.7 Å². The van der Waals surface area contributed by atoms with Gasteiger partial charge in [-0.2, -0.15) is 0 Å². The molecule has 0 radical (unpaired) electrons. The summed E-state index contributed by atoms with van der Waals surface area (Å²) in [6.45, 7) is 3.39. The van der Waals surface area contributed by atoms with E-state index in [0.29, 0.717) is 5.56 Å². The number of pyridine rings is 1. The second-order valence-electron chi connectivity index (χ2n) is 8.49. The minimum atomic E-state index is -0.172. The molecule has 33 heavy (non-hydrogen) atoms. The Morgan fingerprint density at radius 1 is 0.939 bits per heavy atom. The fraction of sp³-hybridized carbons (Fsp3) is 0.214. The van der Waals surface area contributed by atoms with Crippen LogP contribution < -0.4 is 10.1 Å². The zero-order chi connectivity index (χ0) is 22.6. The smallest absolute Gasteiger partial charge is 0.257 e. The van der Waals surface area contributed by atoms with E-state index < -0.39 is 0 Å². The predicted molar refractivity (Wildman–Crippen MR) is 133 cm³/mol. The Hall–Kier alpha value is -3.70. The third kappa shape index (κ3) is 4.89. The normalized spacial score (nSPS) is 13.8. The van der Waals surface area contributed by atoms with Crippen LogP contribution in [0, 0.1) is 0 Å². The van der Waals surface area contributed by atoms with Crippen molar-refractivity contribution >= 4 is 22.4 Å². The van der Waals surface area contributed by atoms with Gasteiger partial charge in [-0.05, 0) is 96.9 Å². The van der Waals surface area contributed by atoms with Gasteiger partial charge < -0.3 is 10.1 Å². The summed E-state index contributed by atoms with van der Waals surface area (Å²) in [4.78, 5) is 19.7. The van der Waals surface area contributed by atoms with E-state index in [-0.39, 0.29) is 5.91 Å². The number of aromatic nitrogens is 1. The average molecular weight is 438 g/mol. The minimum absolute atomic E-state index is 0.172. The number of ether oxygens (including phenoxy) is 1. The highest BCUT2D eigenvalue weighted by molar-refractivity contribution is 6.05. The number of amides is 1. The van der Waals surface area contributed by atoms with Crippen molar-refractivity contribution in [1.82, 2.24) is 9.88 Å². The summed E-state index contributed by atoms with van der Waals surface area (Å²) in [5.41, 5.74) is 4.42.